The summed E-state index contributed by atoms with van der Waals surface area (Å²) in [7, 11) is 1.22. The van der Waals surface area contributed by atoms with Gasteiger partial charge in [0.25, 0.3) is 0 Å². The summed E-state index contributed by atoms with van der Waals surface area (Å²) in [6, 6.07) is 4.36. The average molecular weight is 286 g/mol. The highest BCUT2D eigenvalue weighted by Gasteiger charge is 2.31. The maximum absolute atomic E-state index is 12.6. The number of carboxylic acids is 1. The summed E-state index contributed by atoms with van der Waals surface area (Å²) in [4.78, 5) is 10.9. The van der Waals surface area contributed by atoms with Crippen LogP contribution in [0.15, 0.2) is 30.5 Å². The lowest BCUT2D eigenvalue weighted by Gasteiger charge is -2.10. The van der Waals surface area contributed by atoms with Gasteiger partial charge in [-0.15, -0.1) is 0 Å². The molecule has 0 amide bonds. The Morgan fingerprint density at radius 2 is 2.10 bits per heavy atom. The molecular weight excluding hydrogens is 277 g/mol. The Kier molecular flexibility index (Phi) is 3.39. The van der Waals surface area contributed by atoms with Gasteiger partial charge in [-0.3, -0.25) is 0 Å². The molecule has 5 nitrogen and oxygen atoms in total. The predicted molar refractivity (Wildman–Crippen MR) is 62.1 cm³/mol. The summed E-state index contributed by atoms with van der Waals surface area (Å²) in [6.07, 6.45) is -3.48. The third-order valence-corrected chi connectivity index (χ3v) is 2.57. The Labute approximate surface area is 111 Å². The number of aromatic carboxylic acids is 1. The van der Waals surface area contributed by atoms with Gasteiger partial charge in [-0.1, -0.05) is 6.07 Å². The first-order chi connectivity index (χ1) is 9.34. The largest absolute Gasteiger partial charge is 0.480 e. The molecule has 1 heterocycles. The first-order valence-corrected chi connectivity index (χ1v) is 5.37. The van der Waals surface area contributed by atoms with Gasteiger partial charge in [0.15, 0.2) is 0 Å². The van der Waals surface area contributed by atoms with Gasteiger partial charge in [-0.2, -0.15) is 18.3 Å². The number of carbonyl (C=O) groups is 1. The molecule has 1 N–H and O–H groups in total. The van der Waals surface area contributed by atoms with E-state index >= 15 is 0 Å². The van der Waals surface area contributed by atoms with E-state index in [1.54, 1.807) is 0 Å². The fraction of sp³-hybridized carbons (Fsp3) is 0.167. The van der Waals surface area contributed by atoms with Crippen LogP contribution in [0.2, 0.25) is 0 Å². The van der Waals surface area contributed by atoms with Crippen molar-refractivity contribution in [2.24, 2.45) is 0 Å². The van der Waals surface area contributed by atoms with Crippen LogP contribution in [0.3, 0.4) is 0 Å². The zero-order chi connectivity index (χ0) is 14.9. The molecule has 0 saturated carbocycles. The molecule has 106 valence electrons. The second kappa shape index (κ2) is 4.87. The number of alkyl halides is 3. The third kappa shape index (κ3) is 2.44. The fourth-order valence-electron chi connectivity index (χ4n) is 1.68. The molecular formula is C12H9F3N2O3. The Hall–Kier alpha value is -2.51. The summed E-state index contributed by atoms with van der Waals surface area (Å²) >= 11 is 0. The molecule has 0 saturated heterocycles. The Morgan fingerprint density at radius 3 is 2.65 bits per heavy atom. The van der Waals surface area contributed by atoms with Crippen molar-refractivity contribution in [2.75, 3.05) is 7.11 Å². The second-order valence-electron chi connectivity index (χ2n) is 3.83. The molecule has 0 fully saturated rings. The number of benzene rings is 1. The monoisotopic (exact) mass is 286 g/mol. The van der Waals surface area contributed by atoms with Crippen LogP contribution in [0.4, 0.5) is 13.2 Å². The molecule has 1 aromatic carbocycles. The Balaban J connectivity index is 2.55. The molecule has 2 rings (SSSR count). The van der Waals surface area contributed by atoms with E-state index in [1.165, 1.54) is 19.2 Å². The minimum absolute atomic E-state index is 0.0594. The van der Waals surface area contributed by atoms with Crippen molar-refractivity contribution in [2.45, 2.75) is 6.18 Å². The summed E-state index contributed by atoms with van der Waals surface area (Å²) in [5, 5.41) is 12.7. The zero-order valence-corrected chi connectivity index (χ0v) is 10.2. The number of hydrogen-bond donors (Lipinski definition) is 1. The van der Waals surface area contributed by atoms with Crippen LogP contribution in [0, 0.1) is 0 Å². The molecule has 20 heavy (non-hydrogen) atoms. The number of rotatable bonds is 3. The molecule has 0 atom stereocenters. The van der Waals surface area contributed by atoms with Crippen molar-refractivity contribution in [1.29, 1.82) is 0 Å². The topological polar surface area (TPSA) is 64.3 Å². The Morgan fingerprint density at radius 1 is 1.40 bits per heavy atom. The predicted octanol–water partition coefficient (Wildman–Crippen LogP) is 2.60. The number of ether oxygens (including phenoxy) is 1. The van der Waals surface area contributed by atoms with E-state index < -0.39 is 17.7 Å². The van der Waals surface area contributed by atoms with Gasteiger partial charge < -0.3 is 9.84 Å². The lowest BCUT2D eigenvalue weighted by Crippen LogP contribution is -2.07. The van der Waals surface area contributed by atoms with Gasteiger partial charge >= 0.3 is 12.1 Å². The van der Waals surface area contributed by atoms with Gasteiger partial charge in [0.1, 0.15) is 5.56 Å². The van der Waals surface area contributed by atoms with E-state index in [0.29, 0.717) is 0 Å². The first kappa shape index (κ1) is 13.9. The van der Waals surface area contributed by atoms with E-state index in [0.717, 1.165) is 23.0 Å². The minimum atomic E-state index is -4.49. The van der Waals surface area contributed by atoms with Crippen molar-refractivity contribution < 1.29 is 27.8 Å². The van der Waals surface area contributed by atoms with Gasteiger partial charge in [-0.05, 0) is 18.2 Å². The first-order valence-electron chi connectivity index (χ1n) is 5.37. The van der Waals surface area contributed by atoms with Crippen LogP contribution >= 0.6 is 0 Å². The van der Waals surface area contributed by atoms with Crippen LogP contribution in [0.5, 0.6) is 5.88 Å². The van der Waals surface area contributed by atoms with E-state index in [9.17, 15) is 18.0 Å². The maximum atomic E-state index is 12.6. The van der Waals surface area contributed by atoms with E-state index in [2.05, 4.69) is 5.10 Å². The quantitative estimate of drug-likeness (QED) is 0.942. The maximum Gasteiger partial charge on any atom is 0.416 e. The Bertz CT molecular complexity index is 650. The minimum Gasteiger partial charge on any atom is -0.480 e. The van der Waals surface area contributed by atoms with E-state index in [-0.39, 0.29) is 17.1 Å². The molecule has 2 aromatic rings. The van der Waals surface area contributed by atoms with Gasteiger partial charge in [0.05, 0.1) is 24.6 Å². The van der Waals surface area contributed by atoms with Crippen LogP contribution in [0.25, 0.3) is 5.69 Å². The number of methoxy groups -OCH3 is 1. The molecule has 0 aliphatic heterocycles. The van der Waals surface area contributed by atoms with Crippen LogP contribution < -0.4 is 4.74 Å². The van der Waals surface area contributed by atoms with Crippen LogP contribution in [-0.2, 0) is 6.18 Å². The van der Waals surface area contributed by atoms with Crippen molar-refractivity contribution >= 4 is 5.97 Å². The summed E-state index contributed by atoms with van der Waals surface area (Å²) < 4.78 is 43.8. The summed E-state index contributed by atoms with van der Waals surface area (Å²) in [5.41, 5.74) is -1.03. The average Bonchev–Trinajstić information content (AvgIpc) is 2.81. The lowest BCUT2D eigenvalue weighted by atomic mass is 10.2. The molecule has 0 unspecified atom stereocenters. The van der Waals surface area contributed by atoms with E-state index in [4.69, 9.17) is 9.84 Å². The number of carboxylic acid groups (broad SMARTS) is 1. The standard InChI is InChI=1S/C12H9F3N2O3/c1-20-10-9(11(18)19)6-16-17(10)8-4-2-3-7(5-8)12(13,14)15/h2-6H,1H3,(H,18,19). The van der Waals surface area contributed by atoms with Crippen molar-refractivity contribution in [3.8, 4) is 11.6 Å². The SMILES string of the molecule is COc1c(C(=O)O)cnn1-c1cccc(C(F)(F)F)c1. The number of hydrogen-bond acceptors (Lipinski definition) is 3. The highest BCUT2D eigenvalue weighted by atomic mass is 19.4. The molecule has 0 radical (unpaired) electrons. The van der Waals surface area contributed by atoms with Crippen molar-refractivity contribution in [3.63, 3.8) is 0 Å². The van der Waals surface area contributed by atoms with Crippen LogP contribution in [0.1, 0.15) is 15.9 Å². The fourth-order valence-corrected chi connectivity index (χ4v) is 1.68. The molecule has 0 spiro atoms. The summed E-state index contributed by atoms with van der Waals surface area (Å²) in [5.74, 6) is -1.42. The third-order valence-electron chi connectivity index (χ3n) is 2.57. The highest BCUT2D eigenvalue weighted by molar-refractivity contribution is 5.90. The van der Waals surface area contributed by atoms with Gasteiger partial charge in [-0.25, -0.2) is 9.48 Å². The molecule has 8 heteroatoms. The molecule has 0 bridgehead atoms. The highest BCUT2D eigenvalue weighted by Crippen LogP contribution is 2.31. The van der Waals surface area contributed by atoms with Crippen molar-refractivity contribution in [1.82, 2.24) is 9.78 Å². The number of aromatic nitrogens is 2. The summed E-state index contributed by atoms with van der Waals surface area (Å²) in [6.45, 7) is 0. The molecule has 0 aliphatic rings. The van der Waals surface area contributed by atoms with Gasteiger partial charge in [0.2, 0.25) is 5.88 Å². The number of halogens is 3. The molecule has 1 aromatic heterocycles. The number of nitrogens with zero attached hydrogens (tertiary/aromatic N) is 2. The van der Waals surface area contributed by atoms with Gasteiger partial charge in [0, 0.05) is 0 Å². The van der Waals surface area contributed by atoms with Crippen LogP contribution in [-0.4, -0.2) is 28.0 Å². The molecule has 0 aliphatic carbocycles. The second-order valence-corrected chi connectivity index (χ2v) is 3.83. The zero-order valence-electron chi connectivity index (χ0n) is 10.2. The van der Waals surface area contributed by atoms with Crippen molar-refractivity contribution in [3.05, 3.63) is 41.6 Å². The smallest absolute Gasteiger partial charge is 0.416 e. The normalized spacial score (nSPS) is 11.4. The lowest BCUT2D eigenvalue weighted by molar-refractivity contribution is -0.137. The van der Waals surface area contributed by atoms with E-state index in [1.807, 2.05) is 0 Å².